The third kappa shape index (κ3) is 4.85. The van der Waals surface area contributed by atoms with Crippen LogP contribution in [0.2, 0.25) is 0 Å². The van der Waals surface area contributed by atoms with E-state index in [2.05, 4.69) is 38.4 Å². The number of nitrogens with zero attached hydrogens (tertiary/aromatic N) is 1. The van der Waals surface area contributed by atoms with Gasteiger partial charge in [-0.2, -0.15) is 5.10 Å². The van der Waals surface area contributed by atoms with Gasteiger partial charge in [-0.3, -0.25) is 4.79 Å². The fourth-order valence-corrected chi connectivity index (χ4v) is 2.64. The highest BCUT2D eigenvalue weighted by Gasteiger charge is 2.12. The second-order valence-electron chi connectivity index (χ2n) is 5.30. The van der Waals surface area contributed by atoms with Gasteiger partial charge >= 0.3 is 0 Å². The molecule has 0 saturated heterocycles. The molecule has 0 saturated carbocycles. The van der Waals surface area contributed by atoms with Crippen molar-refractivity contribution < 1.29 is 15.0 Å². The molecule has 0 radical (unpaired) electrons. The number of amides is 1. The van der Waals surface area contributed by atoms with Gasteiger partial charge in [-0.05, 0) is 72.3 Å². The van der Waals surface area contributed by atoms with Gasteiger partial charge < -0.3 is 15.5 Å². The van der Waals surface area contributed by atoms with E-state index in [0.717, 1.165) is 14.8 Å². The Hall–Kier alpha value is -2.29. The third-order valence-electron chi connectivity index (χ3n) is 3.35. The third-order valence-corrected chi connectivity index (χ3v) is 4.02. The first kappa shape index (κ1) is 18.1. The lowest BCUT2D eigenvalue weighted by atomic mass is 10.2. The zero-order chi connectivity index (χ0) is 17.7. The maximum absolute atomic E-state index is 12.1. The van der Waals surface area contributed by atoms with E-state index >= 15 is 0 Å². The van der Waals surface area contributed by atoms with Crippen molar-refractivity contribution in [3.63, 3.8) is 0 Å². The van der Waals surface area contributed by atoms with Crippen LogP contribution < -0.4 is 10.7 Å². The number of aromatic hydroxyl groups is 2. The summed E-state index contributed by atoms with van der Waals surface area (Å²) < 4.78 is 1.13. The van der Waals surface area contributed by atoms with Gasteiger partial charge in [-0.15, -0.1) is 0 Å². The summed E-state index contributed by atoms with van der Waals surface area (Å²) in [6, 6.07) is 9.56. The van der Waals surface area contributed by atoms with E-state index in [1.807, 2.05) is 25.1 Å². The number of phenolic OH excluding ortho intramolecular Hbond substituents is 2. The number of hydrogen-bond donors (Lipinski definition) is 4. The van der Waals surface area contributed by atoms with Gasteiger partial charge in [-0.1, -0.05) is 0 Å². The molecule has 126 valence electrons. The topological polar surface area (TPSA) is 94.0 Å². The van der Waals surface area contributed by atoms with Crippen LogP contribution in [0.3, 0.4) is 0 Å². The van der Waals surface area contributed by atoms with Crippen LogP contribution >= 0.6 is 22.6 Å². The average Bonchev–Trinajstić information content (AvgIpc) is 2.52. The molecule has 2 rings (SSSR count). The summed E-state index contributed by atoms with van der Waals surface area (Å²) in [6.45, 7) is 3.71. The number of hydrogen-bond acceptors (Lipinski definition) is 5. The Morgan fingerprint density at radius 2 is 2.00 bits per heavy atom. The van der Waals surface area contributed by atoms with Crippen molar-refractivity contribution >= 4 is 40.4 Å². The van der Waals surface area contributed by atoms with Crippen LogP contribution in [0.1, 0.15) is 18.1 Å². The molecule has 1 amide bonds. The first-order valence-electron chi connectivity index (χ1n) is 7.24. The second-order valence-corrected chi connectivity index (χ2v) is 6.55. The Kier molecular flexibility index (Phi) is 6.02. The number of carbonyl (C=O) groups is 1. The average molecular weight is 439 g/mol. The molecule has 0 aliphatic rings. The predicted molar refractivity (Wildman–Crippen MR) is 102 cm³/mol. The number of benzene rings is 2. The van der Waals surface area contributed by atoms with E-state index in [9.17, 15) is 15.0 Å². The molecular formula is C17H18IN3O3. The van der Waals surface area contributed by atoms with Crippen LogP contribution in [0.5, 0.6) is 11.5 Å². The first-order valence-corrected chi connectivity index (χ1v) is 8.32. The zero-order valence-electron chi connectivity index (χ0n) is 13.2. The number of nitrogens with one attached hydrogen (secondary N) is 2. The number of rotatable bonds is 5. The number of aryl methyl sites for hydroxylation is 1. The molecule has 7 heteroatoms. The maximum atomic E-state index is 12.1. The van der Waals surface area contributed by atoms with E-state index in [-0.39, 0.29) is 17.4 Å². The van der Waals surface area contributed by atoms with Crippen molar-refractivity contribution in [3.05, 3.63) is 51.1 Å². The van der Waals surface area contributed by atoms with Gasteiger partial charge in [0.2, 0.25) is 0 Å². The summed E-state index contributed by atoms with van der Waals surface area (Å²) in [5, 5.41) is 25.8. The summed E-state index contributed by atoms with van der Waals surface area (Å²) in [6.07, 6.45) is 1.32. The quantitative estimate of drug-likeness (QED) is 0.328. The Bertz CT molecular complexity index is 778. The number of anilines is 1. The lowest BCUT2D eigenvalue weighted by molar-refractivity contribution is -0.121. The number of hydrazone groups is 1. The Labute approximate surface area is 153 Å². The minimum atomic E-state index is -0.477. The van der Waals surface area contributed by atoms with Crippen molar-refractivity contribution in [2.75, 3.05) is 5.32 Å². The van der Waals surface area contributed by atoms with Gasteiger partial charge in [0.1, 0.15) is 17.5 Å². The van der Waals surface area contributed by atoms with Crippen LogP contribution in [-0.4, -0.2) is 28.4 Å². The smallest absolute Gasteiger partial charge is 0.262 e. The van der Waals surface area contributed by atoms with E-state index in [1.54, 1.807) is 6.92 Å². The molecule has 2 aromatic carbocycles. The SMILES string of the molecule is Cc1cc(I)ccc1N[C@H](C)C(=O)N/N=C\c1ccc(O)cc1O. The molecule has 0 aliphatic carbocycles. The summed E-state index contributed by atoms with van der Waals surface area (Å²) in [5.41, 5.74) is 4.75. The first-order chi connectivity index (χ1) is 11.4. The summed E-state index contributed by atoms with van der Waals surface area (Å²) in [7, 11) is 0. The highest BCUT2D eigenvalue weighted by molar-refractivity contribution is 14.1. The maximum Gasteiger partial charge on any atom is 0.262 e. The number of halogens is 1. The van der Waals surface area contributed by atoms with E-state index in [1.165, 1.54) is 24.4 Å². The van der Waals surface area contributed by atoms with Crippen molar-refractivity contribution in [2.45, 2.75) is 19.9 Å². The molecule has 6 nitrogen and oxygen atoms in total. The van der Waals surface area contributed by atoms with Crippen LogP contribution in [0.25, 0.3) is 0 Å². The second kappa shape index (κ2) is 8.00. The van der Waals surface area contributed by atoms with Gasteiger partial charge in [0, 0.05) is 20.9 Å². The minimum absolute atomic E-state index is 0.0422. The van der Waals surface area contributed by atoms with Crippen LogP contribution in [0.15, 0.2) is 41.5 Å². The zero-order valence-corrected chi connectivity index (χ0v) is 15.4. The highest BCUT2D eigenvalue weighted by Crippen LogP contribution is 2.21. The molecule has 0 heterocycles. The predicted octanol–water partition coefficient (Wildman–Crippen LogP) is 2.96. The standard InChI is InChI=1S/C17H18IN3O3/c1-10-7-13(18)4-6-15(10)20-11(2)17(24)21-19-9-12-3-5-14(22)8-16(12)23/h3-9,11,20,22-23H,1-2H3,(H,21,24)/b19-9-/t11-/m1/s1. The van der Waals surface area contributed by atoms with Gasteiger partial charge in [0.05, 0.1) is 6.21 Å². The number of carbonyl (C=O) groups excluding carboxylic acids is 1. The fraction of sp³-hybridized carbons (Fsp3) is 0.176. The van der Waals surface area contributed by atoms with Crippen LogP contribution in [0.4, 0.5) is 5.69 Å². The molecule has 4 N–H and O–H groups in total. The Morgan fingerprint density at radius 3 is 2.67 bits per heavy atom. The molecule has 0 aliphatic heterocycles. The largest absolute Gasteiger partial charge is 0.508 e. The van der Waals surface area contributed by atoms with Crippen LogP contribution in [-0.2, 0) is 4.79 Å². The fourth-order valence-electron chi connectivity index (χ4n) is 1.99. The van der Waals surface area contributed by atoms with E-state index in [0.29, 0.717) is 5.56 Å². The van der Waals surface area contributed by atoms with Crippen molar-refractivity contribution in [1.29, 1.82) is 0 Å². The summed E-state index contributed by atoms with van der Waals surface area (Å²) >= 11 is 2.24. The van der Waals surface area contributed by atoms with E-state index < -0.39 is 6.04 Å². The summed E-state index contributed by atoms with van der Waals surface area (Å²) in [5.74, 6) is -0.462. The molecule has 2 aromatic rings. The minimum Gasteiger partial charge on any atom is -0.508 e. The summed E-state index contributed by atoms with van der Waals surface area (Å²) in [4.78, 5) is 12.1. The molecule has 24 heavy (non-hydrogen) atoms. The van der Waals surface area contributed by atoms with Crippen LogP contribution in [0, 0.1) is 10.5 Å². The monoisotopic (exact) mass is 439 g/mol. The van der Waals surface area contributed by atoms with Gasteiger partial charge in [-0.25, -0.2) is 5.43 Å². The normalized spacial score (nSPS) is 12.1. The van der Waals surface area contributed by atoms with E-state index in [4.69, 9.17) is 0 Å². The number of phenols is 2. The van der Waals surface area contributed by atoms with Crippen molar-refractivity contribution in [1.82, 2.24) is 5.43 Å². The van der Waals surface area contributed by atoms with Gasteiger partial charge in [0.15, 0.2) is 0 Å². The van der Waals surface area contributed by atoms with Crippen molar-refractivity contribution in [3.8, 4) is 11.5 Å². The molecule has 0 aromatic heterocycles. The molecular weight excluding hydrogens is 421 g/mol. The highest BCUT2D eigenvalue weighted by atomic mass is 127. The Morgan fingerprint density at radius 1 is 1.25 bits per heavy atom. The van der Waals surface area contributed by atoms with Crippen molar-refractivity contribution in [2.24, 2.45) is 5.10 Å². The molecule has 0 spiro atoms. The lowest BCUT2D eigenvalue weighted by Crippen LogP contribution is -2.35. The molecule has 0 fully saturated rings. The lowest BCUT2D eigenvalue weighted by Gasteiger charge is -2.15. The molecule has 0 unspecified atom stereocenters. The van der Waals surface area contributed by atoms with Gasteiger partial charge in [0.25, 0.3) is 5.91 Å². The molecule has 1 atom stereocenters. The Balaban J connectivity index is 1.95. The molecule has 0 bridgehead atoms.